The van der Waals surface area contributed by atoms with E-state index < -0.39 is 0 Å². The van der Waals surface area contributed by atoms with Gasteiger partial charge >= 0.3 is 0 Å². The molecule has 1 saturated carbocycles. The standard InChI is InChI=1S/C17H19N3O2S/c21-16(19-12-4-5-12)15-11-13(14-3-1-2-6-18-14)17(23-15)20-7-9-22-10-8-20/h1-3,6,11-12H,4-5,7-10H2,(H,19,21). The van der Waals surface area contributed by atoms with Crippen LogP contribution in [-0.2, 0) is 4.74 Å². The summed E-state index contributed by atoms with van der Waals surface area (Å²) in [6.45, 7) is 3.15. The second-order valence-corrected chi connectivity index (χ2v) is 6.92. The Hall–Kier alpha value is -1.92. The lowest BCUT2D eigenvalue weighted by molar-refractivity contribution is 0.0955. The molecule has 0 atom stereocenters. The smallest absolute Gasteiger partial charge is 0.261 e. The minimum absolute atomic E-state index is 0.0363. The fourth-order valence-corrected chi connectivity index (χ4v) is 3.81. The van der Waals surface area contributed by atoms with Gasteiger partial charge in [-0.05, 0) is 31.0 Å². The minimum atomic E-state index is 0.0363. The molecule has 2 aliphatic rings. The number of carbonyl (C=O) groups excluding carboxylic acids is 1. The topological polar surface area (TPSA) is 54.5 Å². The fraction of sp³-hybridized carbons (Fsp3) is 0.412. The van der Waals surface area contributed by atoms with E-state index in [2.05, 4.69) is 15.2 Å². The maximum atomic E-state index is 12.4. The van der Waals surface area contributed by atoms with E-state index in [0.29, 0.717) is 6.04 Å². The van der Waals surface area contributed by atoms with E-state index >= 15 is 0 Å². The summed E-state index contributed by atoms with van der Waals surface area (Å²) < 4.78 is 5.45. The van der Waals surface area contributed by atoms with Crippen molar-refractivity contribution >= 4 is 22.2 Å². The summed E-state index contributed by atoms with van der Waals surface area (Å²) in [5.41, 5.74) is 1.95. The number of nitrogens with zero attached hydrogens (tertiary/aromatic N) is 2. The van der Waals surface area contributed by atoms with E-state index in [0.717, 1.165) is 60.3 Å². The average molecular weight is 329 g/mol. The normalized spacial score (nSPS) is 18.0. The molecule has 1 N–H and O–H groups in total. The van der Waals surface area contributed by atoms with Gasteiger partial charge in [-0.1, -0.05) is 6.07 Å². The van der Waals surface area contributed by atoms with E-state index in [1.165, 1.54) is 0 Å². The molecule has 1 aliphatic heterocycles. The molecule has 2 aromatic heterocycles. The zero-order valence-electron chi connectivity index (χ0n) is 12.8. The van der Waals surface area contributed by atoms with Crippen LogP contribution >= 0.6 is 11.3 Å². The number of ether oxygens (including phenoxy) is 1. The number of morpholine rings is 1. The number of nitrogens with one attached hydrogen (secondary N) is 1. The summed E-state index contributed by atoms with van der Waals surface area (Å²) in [7, 11) is 0. The SMILES string of the molecule is O=C(NC1CC1)c1cc(-c2ccccn2)c(N2CCOCC2)s1. The monoisotopic (exact) mass is 329 g/mol. The fourth-order valence-electron chi connectivity index (χ4n) is 2.68. The van der Waals surface area contributed by atoms with Crippen LogP contribution in [0.15, 0.2) is 30.5 Å². The number of carbonyl (C=O) groups is 1. The Morgan fingerprint density at radius 1 is 1.30 bits per heavy atom. The van der Waals surface area contributed by atoms with Crippen LogP contribution in [0, 0.1) is 0 Å². The summed E-state index contributed by atoms with van der Waals surface area (Å²) in [4.78, 5) is 19.9. The first-order chi connectivity index (χ1) is 11.3. The summed E-state index contributed by atoms with van der Waals surface area (Å²) in [6.07, 6.45) is 3.99. The Balaban J connectivity index is 1.69. The third-order valence-corrected chi connectivity index (χ3v) is 5.28. The predicted molar refractivity (Wildman–Crippen MR) is 91.1 cm³/mol. The Morgan fingerprint density at radius 3 is 2.83 bits per heavy atom. The summed E-state index contributed by atoms with van der Waals surface area (Å²) >= 11 is 1.56. The van der Waals surface area contributed by atoms with Crippen molar-refractivity contribution < 1.29 is 9.53 Å². The predicted octanol–water partition coefficient (Wildman–Crippen LogP) is 2.54. The second-order valence-electron chi connectivity index (χ2n) is 5.89. The maximum Gasteiger partial charge on any atom is 0.261 e. The van der Waals surface area contributed by atoms with Crippen LogP contribution < -0.4 is 10.2 Å². The van der Waals surface area contributed by atoms with Gasteiger partial charge in [0.05, 0.1) is 23.8 Å². The molecule has 0 unspecified atom stereocenters. The van der Waals surface area contributed by atoms with Gasteiger partial charge in [0, 0.05) is 30.9 Å². The number of pyridine rings is 1. The van der Waals surface area contributed by atoms with Crippen LogP contribution in [0.4, 0.5) is 5.00 Å². The van der Waals surface area contributed by atoms with Gasteiger partial charge in [-0.3, -0.25) is 9.78 Å². The molecule has 23 heavy (non-hydrogen) atoms. The van der Waals surface area contributed by atoms with Crippen molar-refractivity contribution in [2.75, 3.05) is 31.2 Å². The quantitative estimate of drug-likeness (QED) is 0.936. The third kappa shape index (κ3) is 3.23. The molecule has 0 spiro atoms. The van der Waals surface area contributed by atoms with Crippen LogP contribution in [0.2, 0.25) is 0 Å². The molecule has 1 saturated heterocycles. The number of rotatable bonds is 4. The van der Waals surface area contributed by atoms with Crippen LogP contribution in [0.3, 0.4) is 0 Å². The first kappa shape index (κ1) is 14.7. The lowest BCUT2D eigenvalue weighted by Crippen LogP contribution is -2.35. The van der Waals surface area contributed by atoms with Crippen molar-refractivity contribution in [2.45, 2.75) is 18.9 Å². The van der Waals surface area contributed by atoms with Crippen molar-refractivity contribution in [2.24, 2.45) is 0 Å². The minimum Gasteiger partial charge on any atom is -0.378 e. The van der Waals surface area contributed by atoms with E-state index in [1.54, 1.807) is 17.5 Å². The maximum absolute atomic E-state index is 12.4. The summed E-state index contributed by atoms with van der Waals surface area (Å²) in [5, 5.41) is 4.19. The molecular formula is C17H19N3O2S. The number of hydrogen-bond donors (Lipinski definition) is 1. The Morgan fingerprint density at radius 2 is 2.13 bits per heavy atom. The van der Waals surface area contributed by atoms with Gasteiger partial charge in [0.1, 0.15) is 5.00 Å². The van der Waals surface area contributed by atoms with Crippen molar-refractivity contribution in [3.63, 3.8) is 0 Å². The van der Waals surface area contributed by atoms with Crippen molar-refractivity contribution in [3.05, 3.63) is 35.3 Å². The molecule has 6 heteroatoms. The number of hydrogen-bond acceptors (Lipinski definition) is 5. The second kappa shape index (κ2) is 6.29. The molecule has 0 aromatic carbocycles. The highest BCUT2D eigenvalue weighted by Crippen LogP contribution is 2.38. The van der Waals surface area contributed by atoms with Crippen LogP contribution in [0.1, 0.15) is 22.5 Å². The number of aromatic nitrogens is 1. The summed E-state index contributed by atoms with van der Waals surface area (Å²) in [5.74, 6) is 0.0363. The van der Waals surface area contributed by atoms with E-state index in [1.807, 2.05) is 24.3 Å². The van der Waals surface area contributed by atoms with Crippen molar-refractivity contribution in [1.82, 2.24) is 10.3 Å². The molecule has 2 aromatic rings. The molecule has 1 aliphatic carbocycles. The highest BCUT2D eigenvalue weighted by atomic mass is 32.1. The Labute approximate surface area is 139 Å². The van der Waals surface area contributed by atoms with E-state index in [-0.39, 0.29) is 5.91 Å². The van der Waals surface area contributed by atoms with E-state index in [9.17, 15) is 4.79 Å². The molecular weight excluding hydrogens is 310 g/mol. The highest BCUT2D eigenvalue weighted by molar-refractivity contribution is 7.18. The lowest BCUT2D eigenvalue weighted by Gasteiger charge is -2.28. The molecule has 120 valence electrons. The van der Waals surface area contributed by atoms with Gasteiger partial charge in [0.2, 0.25) is 0 Å². The van der Waals surface area contributed by atoms with Crippen LogP contribution in [0.5, 0.6) is 0 Å². The largest absolute Gasteiger partial charge is 0.378 e. The zero-order valence-corrected chi connectivity index (χ0v) is 13.6. The Bertz CT molecular complexity index is 691. The zero-order chi connectivity index (χ0) is 15.6. The molecule has 2 fully saturated rings. The van der Waals surface area contributed by atoms with E-state index in [4.69, 9.17) is 4.74 Å². The van der Waals surface area contributed by atoms with Gasteiger partial charge in [-0.2, -0.15) is 0 Å². The molecule has 0 bridgehead atoms. The van der Waals surface area contributed by atoms with Crippen molar-refractivity contribution in [3.8, 4) is 11.3 Å². The van der Waals surface area contributed by atoms with Gasteiger partial charge in [-0.25, -0.2) is 0 Å². The van der Waals surface area contributed by atoms with Gasteiger partial charge < -0.3 is 15.0 Å². The van der Waals surface area contributed by atoms with Gasteiger partial charge in [0.15, 0.2) is 0 Å². The third-order valence-electron chi connectivity index (χ3n) is 4.09. The Kier molecular flexibility index (Phi) is 4.01. The number of anilines is 1. The molecule has 0 radical (unpaired) electrons. The van der Waals surface area contributed by atoms with Crippen molar-refractivity contribution in [1.29, 1.82) is 0 Å². The van der Waals surface area contributed by atoms with Crippen LogP contribution in [-0.4, -0.2) is 43.2 Å². The molecule has 5 nitrogen and oxygen atoms in total. The van der Waals surface area contributed by atoms with Crippen LogP contribution in [0.25, 0.3) is 11.3 Å². The number of thiophene rings is 1. The first-order valence-electron chi connectivity index (χ1n) is 8.00. The first-order valence-corrected chi connectivity index (χ1v) is 8.82. The number of amides is 1. The average Bonchev–Trinajstić information content (AvgIpc) is 3.30. The molecule has 3 heterocycles. The lowest BCUT2D eigenvalue weighted by atomic mass is 10.2. The van der Waals surface area contributed by atoms with Gasteiger partial charge in [-0.15, -0.1) is 11.3 Å². The van der Waals surface area contributed by atoms with Gasteiger partial charge in [0.25, 0.3) is 5.91 Å². The molecule has 1 amide bonds. The highest BCUT2D eigenvalue weighted by Gasteiger charge is 2.27. The summed E-state index contributed by atoms with van der Waals surface area (Å²) in [6, 6.07) is 8.23. The molecule has 4 rings (SSSR count).